The topological polar surface area (TPSA) is 30.5 Å². The Hall–Kier alpha value is -0.930. The minimum atomic E-state index is 0.278. The number of ether oxygens (including phenoxy) is 2. The summed E-state index contributed by atoms with van der Waals surface area (Å²) in [7, 11) is 1.65. The molecule has 0 saturated heterocycles. The molecule has 1 aromatic carbocycles. The van der Waals surface area contributed by atoms with Gasteiger partial charge in [0, 0.05) is 11.9 Å². The molecule has 0 spiro atoms. The molecule has 18 heavy (non-hydrogen) atoms. The van der Waals surface area contributed by atoms with E-state index in [1.165, 1.54) is 0 Å². The summed E-state index contributed by atoms with van der Waals surface area (Å²) >= 11 is 6.02. The van der Waals surface area contributed by atoms with Gasteiger partial charge in [-0.25, -0.2) is 0 Å². The lowest BCUT2D eigenvalue weighted by Crippen LogP contribution is -2.23. The Labute approximate surface area is 114 Å². The summed E-state index contributed by atoms with van der Waals surface area (Å²) < 4.78 is 10.7. The molecule has 4 heteroatoms. The highest BCUT2D eigenvalue weighted by atomic mass is 35.5. The minimum absolute atomic E-state index is 0.278. The second kappa shape index (κ2) is 9.06. The van der Waals surface area contributed by atoms with Crippen LogP contribution in [0.5, 0.6) is 11.5 Å². The molecule has 1 aromatic rings. The molecule has 0 heterocycles. The largest absolute Gasteiger partial charge is 0.497 e. The quantitative estimate of drug-likeness (QED) is 0.553. The fraction of sp³-hybridized carbons (Fsp3) is 0.571. The molecule has 1 N–H and O–H groups in total. The van der Waals surface area contributed by atoms with E-state index in [0.29, 0.717) is 6.61 Å². The maximum absolute atomic E-state index is 6.02. The third-order valence-corrected chi connectivity index (χ3v) is 3.21. The molecule has 3 nitrogen and oxygen atoms in total. The first-order chi connectivity index (χ1) is 8.76. The van der Waals surface area contributed by atoms with Gasteiger partial charge in [-0.3, -0.25) is 0 Å². The standard InChI is InChI=1S/C14H22ClNO2/c1-3-12(15)8-9-16-10-11-18-14-6-4-13(17-2)5-7-14/h4-7,12,16H,3,8-11H2,1-2H3. The fourth-order valence-corrected chi connectivity index (χ4v) is 1.61. The summed E-state index contributed by atoms with van der Waals surface area (Å²) in [6, 6.07) is 7.60. The molecule has 1 rings (SSSR count). The molecule has 0 saturated carbocycles. The van der Waals surface area contributed by atoms with Gasteiger partial charge in [0.1, 0.15) is 18.1 Å². The molecule has 1 unspecified atom stereocenters. The van der Waals surface area contributed by atoms with Crippen molar-refractivity contribution in [3.63, 3.8) is 0 Å². The molecule has 1 atom stereocenters. The van der Waals surface area contributed by atoms with Crippen LogP contribution in [0.3, 0.4) is 0 Å². The highest BCUT2D eigenvalue weighted by molar-refractivity contribution is 6.20. The molecule has 0 radical (unpaired) electrons. The van der Waals surface area contributed by atoms with Crippen molar-refractivity contribution >= 4 is 11.6 Å². The average Bonchev–Trinajstić information content (AvgIpc) is 2.43. The Bertz CT molecular complexity index is 316. The van der Waals surface area contributed by atoms with Crippen LogP contribution in [0.4, 0.5) is 0 Å². The Morgan fingerprint density at radius 1 is 1.17 bits per heavy atom. The van der Waals surface area contributed by atoms with Crippen LogP contribution in [-0.2, 0) is 0 Å². The molecular weight excluding hydrogens is 250 g/mol. The third-order valence-electron chi connectivity index (χ3n) is 2.68. The van der Waals surface area contributed by atoms with E-state index < -0.39 is 0 Å². The molecule has 0 aromatic heterocycles. The van der Waals surface area contributed by atoms with Crippen LogP contribution in [0.1, 0.15) is 19.8 Å². The van der Waals surface area contributed by atoms with Gasteiger partial charge in [0.05, 0.1) is 7.11 Å². The van der Waals surface area contributed by atoms with Gasteiger partial charge in [-0.1, -0.05) is 6.92 Å². The minimum Gasteiger partial charge on any atom is -0.497 e. The molecular formula is C14H22ClNO2. The highest BCUT2D eigenvalue weighted by Gasteiger charge is 1.99. The van der Waals surface area contributed by atoms with E-state index in [9.17, 15) is 0 Å². The SMILES string of the molecule is CCC(Cl)CCNCCOc1ccc(OC)cc1. The zero-order valence-electron chi connectivity index (χ0n) is 11.1. The number of nitrogens with one attached hydrogen (secondary N) is 1. The summed E-state index contributed by atoms with van der Waals surface area (Å²) in [6.45, 7) is 4.53. The van der Waals surface area contributed by atoms with E-state index in [4.69, 9.17) is 21.1 Å². The van der Waals surface area contributed by atoms with Crippen molar-refractivity contribution in [1.82, 2.24) is 5.32 Å². The summed E-state index contributed by atoms with van der Waals surface area (Å²) in [6.07, 6.45) is 2.02. The fourth-order valence-electron chi connectivity index (χ4n) is 1.50. The smallest absolute Gasteiger partial charge is 0.119 e. The predicted molar refractivity (Wildman–Crippen MR) is 75.9 cm³/mol. The van der Waals surface area contributed by atoms with Crippen LogP contribution in [0.25, 0.3) is 0 Å². The van der Waals surface area contributed by atoms with E-state index >= 15 is 0 Å². The van der Waals surface area contributed by atoms with Crippen molar-refractivity contribution in [3.05, 3.63) is 24.3 Å². The van der Waals surface area contributed by atoms with Crippen LogP contribution in [0, 0.1) is 0 Å². The lowest BCUT2D eigenvalue weighted by molar-refractivity contribution is 0.313. The second-order valence-corrected chi connectivity index (χ2v) is 4.69. The molecule has 102 valence electrons. The third kappa shape index (κ3) is 6.12. The molecule has 0 aliphatic heterocycles. The van der Waals surface area contributed by atoms with Gasteiger partial charge in [-0.15, -0.1) is 11.6 Å². The lowest BCUT2D eigenvalue weighted by Gasteiger charge is -2.09. The number of alkyl halides is 1. The van der Waals surface area contributed by atoms with Crippen molar-refractivity contribution in [2.24, 2.45) is 0 Å². The van der Waals surface area contributed by atoms with Gasteiger partial charge in [-0.2, -0.15) is 0 Å². The monoisotopic (exact) mass is 271 g/mol. The Balaban J connectivity index is 2.06. The van der Waals surface area contributed by atoms with Crippen molar-refractivity contribution in [2.75, 3.05) is 26.8 Å². The zero-order chi connectivity index (χ0) is 13.2. The van der Waals surface area contributed by atoms with Crippen LogP contribution in [0.15, 0.2) is 24.3 Å². The van der Waals surface area contributed by atoms with Gasteiger partial charge < -0.3 is 14.8 Å². The number of hydrogen-bond acceptors (Lipinski definition) is 3. The highest BCUT2D eigenvalue weighted by Crippen LogP contribution is 2.16. The summed E-state index contributed by atoms with van der Waals surface area (Å²) in [5, 5.41) is 3.59. The number of halogens is 1. The predicted octanol–water partition coefficient (Wildman–Crippen LogP) is 3.07. The van der Waals surface area contributed by atoms with E-state index in [-0.39, 0.29) is 5.38 Å². The van der Waals surface area contributed by atoms with Crippen molar-refractivity contribution < 1.29 is 9.47 Å². The maximum atomic E-state index is 6.02. The molecule has 0 aliphatic rings. The van der Waals surface area contributed by atoms with E-state index in [1.807, 2.05) is 24.3 Å². The van der Waals surface area contributed by atoms with Gasteiger partial charge in [0.2, 0.25) is 0 Å². The van der Waals surface area contributed by atoms with Gasteiger partial charge in [0.15, 0.2) is 0 Å². The van der Waals surface area contributed by atoms with Crippen LogP contribution >= 0.6 is 11.6 Å². The van der Waals surface area contributed by atoms with Gasteiger partial charge in [0.25, 0.3) is 0 Å². The molecule has 0 fully saturated rings. The number of hydrogen-bond donors (Lipinski definition) is 1. The first kappa shape index (κ1) is 15.1. The normalized spacial score (nSPS) is 12.2. The molecule has 0 amide bonds. The van der Waals surface area contributed by atoms with Crippen LogP contribution in [-0.4, -0.2) is 32.2 Å². The van der Waals surface area contributed by atoms with Crippen LogP contribution in [0.2, 0.25) is 0 Å². The van der Waals surface area contributed by atoms with Crippen molar-refractivity contribution in [1.29, 1.82) is 0 Å². The summed E-state index contributed by atoms with van der Waals surface area (Å²) in [4.78, 5) is 0. The Kier molecular flexibility index (Phi) is 7.62. The average molecular weight is 272 g/mol. The van der Waals surface area contributed by atoms with Crippen molar-refractivity contribution in [2.45, 2.75) is 25.1 Å². The Morgan fingerprint density at radius 3 is 2.44 bits per heavy atom. The summed E-state index contributed by atoms with van der Waals surface area (Å²) in [5.74, 6) is 1.70. The first-order valence-electron chi connectivity index (χ1n) is 6.38. The number of benzene rings is 1. The molecule has 0 aliphatic carbocycles. The zero-order valence-corrected chi connectivity index (χ0v) is 11.9. The van der Waals surface area contributed by atoms with E-state index in [1.54, 1.807) is 7.11 Å². The number of rotatable bonds is 9. The Morgan fingerprint density at radius 2 is 1.83 bits per heavy atom. The number of methoxy groups -OCH3 is 1. The first-order valence-corrected chi connectivity index (χ1v) is 6.81. The van der Waals surface area contributed by atoms with Gasteiger partial charge >= 0.3 is 0 Å². The molecule has 0 bridgehead atoms. The van der Waals surface area contributed by atoms with Crippen LogP contribution < -0.4 is 14.8 Å². The van der Waals surface area contributed by atoms with E-state index in [0.717, 1.165) is 37.4 Å². The van der Waals surface area contributed by atoms with E-state index in [2.05, 4.69) is 12.2 Å². The summed E-state index contributed by atoms with van der Waals surface area (Å²) in [5.41, 5.74) is 0. The lowest BCUT2D eigenvalue weighted by atomic mass is 10.2. The van der Waals surface area contributed by atoms with Gasteiger partial charge in [-0.05, 0) is 43.7 Å². The maximum Gasteiger partial charge on any atom is 0.119 e. The van der Waals surface area contributed by atoms with Crippen molar-refractivity contribution in [3.8, 4) is 11.5 Å². The second-order valence-electron chi connectivity index (χ2n) is 4.07.